The number of rotatable bonds is 7. The van der Waals surface area contributed by atoms with Gasteiger partial charge in [-0.3, -0.25) is 4.18 Å². The SMILES string of the molecule is CCOC(=O)c1cc(O[S+](C)C(C)(C)C)nn1C(C)CNC(=O)OC(C)(C)C. The monoisotopic (exact) mass is 416 g/mol. The minimum absolute atomic E-state index is 0.0578. The third kappa shape index (κ3) is 7.61. The van der Waals surface area contributed by atoms with Crippen molar-refractivity contribution in [2.45, 2.75) is 71.8 Å². The lowest BCUT2D eigenvalue weighted by atomic mass is 10.2. The van der Waals surface area contributed by atoms with Gasteiger partial charge in [-0.05, 0) is 55.4 Å². The third-order valence-corrected chi connectivity index (χ3v) is 5.77. The first kappa shape index (κ1) is 24.1. The van der Waals surface area contributed by atoms with E-state index in [4.69, 9.17) is 13.7 Å². The van der Waals surface area contributed by atoms with E-state index in [1.54, 1.807) is 33.8 Å². The zero-order chi connectivity index (χ0) is 21.7. The van der Waals surface area contributed by atoms with Crippen molar-refractivity contribution < 1.29 is 23.2 Å². The van der Waals surface area contributed by atoms with Gasteiger partial charge in [-0.25, -0.2) is 14.3 Å². The summed E-state index contributed by atoms with van der Waals surface area (Å²) in [6.07, 6.45) is 1.46. The van der Waals surface area contributed by atoms with Crippen LogP contribution >= 0.6 is 0 Å². The molecule has 8 nitrogen and oxygen atoms in total. The quantitative estimate of drug-likeness (QED) is 0.540. The van der Waals surface area contributed by atoms with Crippen molar-refractivity contribution >= 4 is 23.2 Å². The van der Waals surface area contributed by atoms with Crippen LogP contribution in [-0.4, -0.2) is 51.6 Å². The van der Waals surface area contributed by atoms with Gasteiger partial charge in [0.15, 0.2) is 10.4 Å². The van der Waals surface area contributed by atoms with Gasteiger partial charge in [0.2, 0.25) is 11.2 Å². The zero-order valence-corrected chi connectivity index (χ0v) is 19.2. The molecule has 160 valence electrons. The van der Waals surface area contributed by atoms with Crippen LogP contribution in [-0.2, 0) is 20.6 Å². The molecule has 1 N–H and O–H groups in total. The Morgan fingerprint density at radius 1 is 1.25 bits per heavy atom. The first-order chi connectivity index (χ1) is 12.7. The van der Waals surface area contributed by atoms with Crippen molar-refractivity contribution in [3.63, 3.8) is 0 Å². The summed E-state index contributed by atoms with van der Waals surface area (Å²) in [5, 5.41) is 7.12. The third-order valence-electron chi connectivity index (χ3n) is 3.63. The number of nitrogens with zero attached hydrogens (tertiary/aromatic N) is 2. The van der Waals surface area contributed by atoms with Gasteiger partial charge < -0.3 is 14.8 Å². The van der Waals surface area contributed by atoms with Gasteiger partial charge in [-0.1, -0.05) is 0 Å². The van der Waals surface area contributed by atoms with Crippen molar-refractivity contribution in [1.82, 2.24) is 15.1 Å². The number of carbonyl (C=O) groups is 2. The molecule has 0 saturated heterocycles. The Labute approximate surface area is 170 Å². The maximum atomic E-state index is 12.3. The van der Waals surface area contributed by atoms with E-state index in [0.717, 1.165) is 0 Å². The molecule has 9 heteroatoms. The van der Waals surface area contributed by atoms with Crippen LogP contribution in [0.1, 0.15) is 71.9 Å². The van der Waals surface area contributed by atoms with E-state index in [1.165, 1.54) is 4.68 Å². The number of hydrogen-bond donors (Lipinski definition) is 1. The topological polar surface area (TPSA) is 91.7 Å². The van der Waals surface area contributed by atoms with E-state index < -0.39 is 28.8 Å². The Bertz CT molecular complexity index is 676. The lowest BCUT2D eigenvalue weighted by Gasteiger charge is -2.21. The number of alkyl carbamates (subject to hydrolysis) is 1. The normalized spacial score (nSPS) is 14.2. The van der Waals surface area contributed by atoms with Crippen LogP contribution in [0.5, 0.6) is 5.88 Å². The van der Waals surface area contributed by atoms with Crippen LogP contribution in [0.3, 0.4) is 0 Å². The van der Waals surface area contributed by atoms with Gasteiger partial charge in [-0.15, -0.1) is 5.10 Å². The van der Waals surface area contributed by atoms with Crippen molar-refractivity contribution in [2.24, 2.45) is 0 Å². The minimum Gasteiger partial charge on any atom is -0.461 e. The highest BCUT2D eigenvalue weighted by molar-refractivity contribution is 7.93. The second-order valence-corrected chi connectivity index (χ2v) is 10.7. The summed E-state index contributed by atoms with van der Waals surface area (Å²) in [6, 6.07) is 1.27. The molecule has 1 heterocycles. The Morgan fingerprint density at radius 2 is 1.86 bits per heavy atom. The Balaban J connectivity index is 2.97. The Kier molecular flexibility index (Phi) is 8.22. The van der Waals surface area contributed by atoms with E-state index in [2.05, 4.69) is 31.2 Å². The van der Waals surface area contributed by atoms with E-state index in [9.17, 15) is 9.59 Å². The van der Waals surface area contributed by atoms with E-state index >= 15 is 0 Å². The molecule has 0 aliphatic heterocycles. The molecule has 0 radical (unpaired) electrons. The van der Waals surface area contributed by atoms with Gasteiger partial charge >= 0.3 is 12.1 Å². The molecule has 0 saturated carbocycles. The van der Waals surface area contributed by atoms with Crippen molar-refractivity contribution in [2.75, 3.05) is 19.4 Å². The minimum atomic E-state index is -0.583. The number of carbonyl (C=O) groups excluding carboxylic acids is 2. The Morgan fingerprint density at radius 3 is 2.36 bits per heavy atom. The predicted molar refractivity (Wildman–Crippen MR) is 111 cm³/mol. The molecule has 0 aromatic carbocycles. The van der Waals surface area contributed by atoms with E-state index in [0.29, 0.717) is 5.88 Å². The number of amides is 1. The largest absolute Gasteiger partial charge is 0.461 e. The molecule has 1 rings (SSSR count). The molecular weight excluding hydrogens is 382 g/mol. The van der Waals surface area contributed by atoms with Crippen LogP contribution in [0.15, 0.2) is 6.07 Å². The second kappa shape index (κ2) is 9.54. The molecule has 2 unspecified atom stereocenters. The second-order valence-electron chi connectivity index (χ2n) is 8.41. The van der Waals surface area contributed by atoms with Crippen LogP contribution < -0.4 is 9.50 Å². The predicted octanol–water partition coefficient (Wildman–Crippen LogP) is 3.49. The number of nitrogens with one attached hydrogen (secondary N) is 1. The summed E-state index contributed by atoms with van der Waals surface area (Å²) >= 11 is -0.404. The molecule has 0 aliphatic carbocycles. The Hall–Kier alpha value is -1.90. The van der Waals surface area contributed by atoms with E-state index in [-0.39, 0.29) is 29.6 Å². The molecule has 0 spiro atoms. The molecule has 0 aliphatic rings. The van der Waals surface area contributed by atoms with Crippen molar-refractivity contribution in [1.29, 1.82) is 0 Å². The molecule has 1 aromatic rings. The maximum Gasteiger partial charge on any atom is 0.407 e. The summed E-state index contributed by atoms with van der Waals surface area (Å²) in [5.74, 6) is -0.131. The molecule has 0 fully saturated rings. The molecule has 1 aromatic heterocycles. The van der Waals surface area contributed by atoms with Gasteiger partial charge in [0.1, 0.15) is 11.9 Å². The fourth-order valence-electron chi connectivity index (χ4n) is 1.99. The smallest absolute Gasteiger partial charge is 0.407 e. The van der Waals surface area contributed by atoms with Crippen LogP contribution in [0, 0.1) is 0 Å². The first-order valence-electron chi connectivity index (χ1n) is 9.32. The van der Waals surface area contributed by atoms with Crippen LogP contribution in [0.4, 0.5) is 4.79 Å². The molecular formula is C19H34N3O5S+. The maximum absolute atomic E-state index is 12.3. The van der Waals surface area contributed by atoms with Gasteiger partial charge in [0, 0.05) is 12.6 Å². The highest BCUT2D eigenvalue weighted by Gasteiger charge is 2.35. The highest BCUT2D eigenvalue weighted by Crippen LogP contribution is 2.24. The van der Waals surface area contributed by atoms with E-state index in [1.807, 2.05) is 13.2 Å². The summed E-state index contributed by atoms with van der Waals surface area (Å²) < 4.78 is 17.8. The van der Waals surface area contributed by atoms with Crippen molar-refractivity contribution in [3.05, 3.63) is 11.8 Å². The summed E-state index contributed by atoms with van der Waals surface area (Å²) in [6.45, 7) is 15.7. The number of esters is 1. The molecule has 28 heavy (non-hydrogen) atoms. The number of aromatic nitrogens is 2. The van der Waals surface area contributed by atoms with Gasteiger partial charge in [-0.2, -0.15) is 0 Å². The van der Waals surface area contributed by atoms with Crippen LogP contribution in [0.25, 0.3) is 0 Å². The molecule has 1 amide bonds. The van der Waals surface area contributed by atoms with Gasteiger partial charge in [0.25, 0.3) is 5.88 Å². The average molecular weight is 417 g/mol. The lowest BCUT2D eigenvalue weighted by molar-refractivity contribution is 0.0508. The zero-order valence-electron chi connectivity index (χ0n) is 18.4. The van der Waals surface area contributed by atoms with Crippen LogP contribution in [0.2, 0.25) is 0 Å². The number of hydrogen-bond acceptors (Lipinski definition) is 6. The molecule has 2 atom stereocenters. The first-order valence-corrected chi connectivity index (χ1v) is 10.9. The standard InChI is InChI=1S/C19H33N3O5S/c1-10-25-16(23)14-11-15(27-28(9)19(6,7)8)21-22(14)13(2)12-20-17(24)26-18(3,4)5/h11,13H,10,12H2,1-9H3/p+1. The average Bonchev–Trinajstić information content (AvgIpc) is 2.94. The van der Waals surface area contributed by atoms with Gasteiger partial charge in [0.05, 0.1) is 12.6 Å². The summed E-state index contributed by atoms with van der Waals surface area (Å²) in [7, 11) is 0. The van der Waals surface area contributed by atoms with Crippen molar-refractivity contribution in [3.8, 4) is 5.88 Å². The fourth-order valence-corrected chi connectivity index (χ4v) is 2.58. The molecule has 0 bridgehead atoms. The lowest BCUT2D eigenvalue weighted by Crippen LogP contribution is -2.36. The highest BCUT2D eigenvalue weighted by atomic mass is 32.2. The number of ether oxygens (including phenoxy) is 2. The summed E-state index contributed by atoms with van der Waals surface area (Å²) in [5.41, 5.74) is -0.304. The fraction of sp³-hybridized carbons (Fsp3) is 0.737. The summed E-state index contributed by atoms with van der Waals surface area (Å²) in [4.78, 5) is 24.2.